The van der Waals surface area contributed by atoms with Crippen LogP contribution in [0, 0.1) is 0 Å². The number of carbonyl (C=O) groups is 2. The van der Waals surface area contributed by atoms with Crippen LogP contribution in [0.2, 0.25) is 10.0 Å². The van der Waals surface area contributed by atoms with Crippen molar-refractivity contribution in [1.82, 2.24) is 10.6 Å². The molecule has 0 saturated heterocycles. The third kappa shape index (κ3) is 6.26. The average Bonchev–Trinajstić information content (AvgIpc) is 3.08. The maximum Gasteiger partial charge on any atom is 0.239 e. The molecule has 128 valence electrons. The van der Waals surface area contributed by atoms with Crippen molar-refractivity contribution >= 4 is 35.0 Å². The van der Waals surface area contributed by atoms with Crippen LogP contribution in [0.5, 0.6) is 0 Å². The summed E-state index contributed by atoms with van der Waals surface area (Å²) in [6.45, 7) is 0.255. The number of rotatable bonds is 8. The fraction of sp³-hybridized carbons (Fsp3) is 0.294. The van der Waals surface area contributed by atoms with Crippen LogP contribution in [0.1, 0.15) is 24.2 Å². The number of halogens is 2. The number of benzene rings is 1. The van der Waals surface area contributed by atoms with Crippen LogP contribution in [-0.2, 0) is 22.6 Å². The summed E-state index contributed by atoms with van der Waals surface area (Å²) in [5.41, 5.74) is 1.02. The lowest BCUT2D eigenvalue weighted by atomic mass is 10.1. The Kier molecular flexibility index (Phi) is 7.15. The first kappa shape index (κ1) is 18.4. The van der Waals surface area contributed by atoms with Gasteiger partial charge in [-0.3, -0.25) is 9.59 Å². The Morgan fingerprint density at radius 3 is 2.58 bits per heavy atom. The molecule has 2 aromatic rings. The summed E-state index contributed by atoms with van der Waals surface area (Å²) in [4.78, 5) is 23.3. The molecule has 0 atom stereocenters. The highest BCUT2D eigenvalue weighted by Crippen LogP contribution is 2.23. The van der Waals surface area contributed by atoms with Gasteiger partial charge in [0.25, 0.3) is 0 Å². The normalized spacial score (nSPS) is 10.4. The Morgan fingerprint density at radius 2 is 1.88 bits per heavy atom. The molecule has 1 aromatic heterocycles. The Balaban J connectivity index is 1.60. The zero-order valence-corrected chi connectivity index (χ0v) is 14.5. The highest BCUT2D eigenvalue weighted by Gasteiger charge is 2.07. The highest BCUT2D eigenvalue weighted by molar-refractivity contribution is 6.42. The fourth-order valence-corrected chi connectivity index (χ4v) is 2.40. The summed E-state index contributed by atoms with van der Waals surface area (Å²) in [7, 11) is 0. The molecule has 0 aliphatic rings. The zero-order chi connectivity index (χ0) is 17.4. The predicted molar refractivity (Wildman–Crippen MR) is 93.0 cm³/mol. The number of furan rings is 1. The lowest BCUT2D eigenvalue weighted by Gasteiger charge is -2.06. The molecule has 5 nitrogen and oxygen atoms in total. The molecule has 0 aliphatic heterocycles. The summed E-state index contributed by atoms with van der Waals surface area (Å²) in [5, 5.41) is 6.27. The van der Waals surface area contributed by atoms with E-state index in [9.17, 15) is 9.59 Å². The minimum Gasteiger partial charge on any atom is -0.467 e. The molecule has 0 saturated carbocycles. The van der Waals surface area contributed by atoms with E-state index in [0.29, 0.717) is 35.2 Å². The van der Waals surface area contributed by atoms with E-state index in [1.54, 1.807) is 24.3 Å². The Labute approximate surface area is 150 Å². The zero-order valence-electron chi connectivity index (χ0n) is 13.0. The Hall–Kier alpha value is -1.98. The number of hydrogen-bond donors (Lipinski definition) is 2. The SMILES string of the molecule is O=C(CCCc1ccc(Cl)c(Cl)c1)NCC(=O)NCc1ccco1. The predicted octanol–water partition coefficient (Wildman–Crippen LogP) is 3.34. The van der Waals surface area contributed by atoms with Crippen molar-refractivity contribution in [3.05, 3.63) is 58.0 Å². The van der Waals surface area contributed by atoms with Crippen molar-refractivity contribution in [3.8, 4) is 0 Å². The monoisotopic (exact) mass is 368 g/mol. The van der Waals surface area contributed by atoms with Gasteiger partial charge in [-0.15, -0.1) is 0 Å². The quantitative estimate of drug-likeness (QED) is 0.750. The number of nitrogens with one attached hydrogen (secondary N) is 2. The second-order valence-electron chi connectivity index (χ2n) is 5.23. The summed E-state index contributed by atoms with van der Waals surface area (Å²) < 4.78 is 5.10. The van der Waals surface area contributed by atoms with Crippen molar-refractivity contribution in [2.45, 2.75) is 25.8 Å². The van der Waals surface area contributed by atoms with Gasteiger partial charge < -0.3 is 15.1 Å². The molecule has 2 amide bonds. The topological polar surface area (TPSA) is 71.3 Å². The molecule has 7 heteroatoms. The first-order valence-electron chi connectivity index (χ1n) is 7.54. The number of carbonyl (C=O) groups excluding carboxylic acids is 2. The third-order valence-electron chi connectivity index (χ3n) is 3.34. The molecule has 0 unspecified atom stereocenters. The van der Waals surface area contributed by atoms with Crippen molar-refractivity contribution in [2.75, 3.05) is 6.54 Å². The molecule has 0 bridgehead atoms. The molecule has 0 radical (unpaired) electrons. The van der Waals surface area contributed by atoms with Gasteiger partial charge in [0, 0.05) is 6.42 Å². The number of amides is 2. The van der Waals surface area contributed by atoms with Crippen molar-refractivity contribution in [1.29, 1.82) is 0 Å². The first-order valence-corrected chi connectivity index (χ1v) is 8.30. The standard InChI is InChI=1S/C17H18Cl2N2O3/c18-14-7-6-12(9-15(14)19)3-1-5-16(22)21-11-17(23)20-10-13-4-2-8-24-13/h2,4,6-9H,1,3,5,10-11H2,(H,20,23)(H,21,22). The van der Waals surface area contributed by atoms with Crippen LogP contribution in [0.15, 0.2) is 41.0 Å². The van der Waals surface area contributed by atoms with E-state index in [0.717, 1.165) is 12.0 Å². The van der Waals surface area contributed by atoms with Gasteiger partial charge in [0.05, 0.1) is 29.4 Å². The summed E-state index contributed by atoms with van der Waals surface area (Å²) in [5.74, 6) is 0.240. The molecule has 2 N–H and O–H groups in total. The highest BCUT2D eigenvalue weighted by atomic mass is 35.5. The Morgan fingerprint density at radius 1 is 1.04 bits per heavy atom. The summed E-state index contributed by atoms with van der Waals surface area (Å²) in [6.07, 6.45) is 3.26. The van der Waals surface area contributed by atoms with Crippen LogP contribution < -0.4 is 10.6 Å². The molecular formula is C17H18Cl2N2O3. The molecule has 1 aromatic carbocycles. The van der Waals surface area contributed by atoms with Crippen LogP contribution >= 0.6 is 23.2 Å². The maximum atomic E-state index is 11.7. The van der Waals surface area contributed by atoms with Crippen LogP contribution in [0.4, 0.5) is 0 Å². The molecule has 0 fully saturated rings. The van der Waals surface area contributed by atoms with Crippen LogP contribution in [0.25, 0.3) is 0 Å². The first-order chi connectivity index (χ1) is 11.5. The van der Waals surface area contributed by atoms with E-state index in [4.69, 9.17) is 27.6 Å². The second kappa shape index (κ2) is 9.35. The summed E-state index contributed by atoms with van der Waals surface area (Å²) >= 11 is 11.8. The van der Waals surface area contributed by atoms with E-state index in [1.165, 1.54) is 6.26 Å². The third-order valence-corrected chi connectivity index (χ3v) is 4.08. The smallest absolute Gasteiger partial charge is 0.239 e. The molecule has 24 heavy (non-hydrogen) atoms. The molecular weight excluding hydrogens is 351 g/mol. The lowest BCUT2D eigenvalue weighted by molar-refractivity contribution is -0.126. The summed E-state index contributed by atoms with van der Waals surface area (Å²) in [6, 6.07) is 8.93. The fourth-order valence-electron chi connectivity index (χ4n) is 2.08. The Bertz CT molecular complexity index is 687. The number of aryl methyl sites for hydroxylation is 1. The van der Waals surface area contributed by atoms with Crippen molar-refractivity contribution in [3.63, 3.8) is 0 Å². The van der Waals surface area contributed by atoms with Gasteiger partial charge in [-0.25, -0.2) is 0 Å². The van der Waals surface area contributed by atoms with Crippen LogP contribution in [-0.4, -0.2) is 18.4 Å². The van der Waals surface area contributed by atoms with Gasteiger partial charge in [-0.2, -0.15) is 0 Å². The van der Waals surface area contributed by atoms with E-state index in [2.05, 4.69) is 10.6 Å². The lowest BCUT2D eigenvalue weighted by Crippen LogP contribution is -2.36. The van der Waals surface area contributed by atoms with Gasteiger partial charge in [-0.05, 0) is 42.7 Å². The van der Waals surface area contributed by atoms with E-state index in [-0.39, 0.29) is 18.4 Å². The van der Waals surface area contributed by atoms with E-state index < -0.39 is 0 Å². The number of hydrogen-bond acceptors (Lipinski definition) is 3. The van der Waals surface area contributed by atoms with E-state index in [1.807, 2.05) is 6.07 Å². The maximum absolute atomic E-state index is 11.7. The second-order valence-corrected chi connectivity index (χ2v) is 6.05. The van der Waals surface area contributed by atoms with Gasteiger partial charge >= 0.3 is 0 Å². The average molecular weight is 369 g/mol. The minimum absolute atomic E-state index is 0.0493. The van der Waals surface area contributed by atoms with Gasteiger partial charge in [0.2, 0.25) is 11.8 Å². The van der Waals surface area contributed by atoms with Gasteiger partial charge in [-0.1, -0.05) is 29.3 Å². The van der Waals surface area contributed by atoms with Crippen molar-refractivity contribution in [2.24, 2.45) is 0 Å². The minimum atomic E-state index is -0.260. The largest absolute Gasteiger partial charge is 0.467 e. The van der Waals surface area contributed by atoms with Gasteiger partial charge in [0.1, 0.15) is 5.76 Å². The van der Waals surface area contributed by atoms with E-state index >= 15 is 0 Å². The van der Waals surface area contributed by atoms with Gasteiger partial charge in [0.15, 0.2) is 0 Å². The molecule has 1 heterocycles. The van der Waals surface area contributed by atoms with Crippen molar-refractivity contribution < 1.29 is 14.0 Å². The van der Waals surface area contributed by atoms with Crippen LogP contribution in [0.3, 0.4) is 0 Å². The molecule has 0 spiro atoms. The molecule has 0 aliphatic carbocycles. The molecule has 2 rings (SSSR count).